The van der Waals surface area contributed by atoms with Gasteiger partial charge in [0.25, 0.3) is 0 Å². The van der Waals surface area contributed by atoms with Crippen LogP contribution in [0.4, 0.5) is 5.69 Å². The van der Waals surface area contributed by atoms with Crippen LogP contribution in [0.25, 0.3) is 0 Å². The molecule has 0 aliphatic carbocycles. The van der Waals surface area contributed by atoms with Gasteiger partial charge in [0.1, 0.15) is 13.2 Å². The number of hydrogen-bond acceptors (Lipinski definition) is 5. The van der Waals surface area contributed by atoms with Gasteiger partial charge in [-0.25, -0.2) is 0 Å². The van der Waals surface area contributed by atoms with Crippen molar-refractivity contribution in [3.63, 3.8) is 0 Å². The highest BCUT2D eigenvalue weighted by molar-refractivity contribution is 5.69. The lowest BCUT2D eigenvalue weighted by atomic mass is 10.2. The van der Waals surface area contributed by atoms with Crippen molar-refractivity contribution in [2.45, 2.75) is 34.2 Å². The Hall–Kier alpha value is -1.56. The minimum atomic E-state index is -0.334. The van der Waals surface area contributed by atoms with Gasteiger partial charge in [0.05, 0.1) is 23.7 Å². The summed E-state index contributed by atoms with van der Waals surface area (Å²) in [6.07, 6.45) is 0. The van der Waals surface area contributed by atoms with Crippen molar-refractivity contribution in [3.8, 4) is 0 Å². The molecule has 6 heteroatoms. The van der Waals surface area contributed by atoms with Gasteiger partial charge in [-0.1, -0.05) is 13.8 Å². The molecule has 108 valence electrons. The van der Waals surface area contributed by atoms with Crippen molar-refractivity contribution in [1.29, 1.82) is 0 Å². The zero-order valence-electron chi connectivity index (χ0n) is 12.1. The number of anilines is 1. The highest BCUT2D eigenvalue weighted by atomic mass is 16.6. The maximum absolute atomic E-state index is 11.6. The Morgan fingerprint density at radius 2 is 2.05 bits per heavy atom. The quantitative estimate of drug-likeness (QED) is 0.596. The maximum Gasteiger partial charge on any atom is 0.327 e. The van der Waals surface area contributed by atoms with Crippen LogP contribution in [0.5, 0.6) is 0 Å². The number of rotatable bonds is 7. The summed E-state index contributed by atoms with van der Waals surface area (Å²) in [6.45, 7) is 9.21. The van der Waals surface area contributed by atoms with Crippen LogP contribution < -0.4 is 5.73 Å². The predicted octanol–water partition coefficient (Wildman–Crippen LogP) is 1.30. The van der Waals surface area contributed by atoms with Crippen LogP contribution in [0.1, 0.15) is 25.2 Å². The smallest absolute Gasteiger partial charge is 0.327 e. The van der Waals surface area contributed by atoms with Crippen LogP contribution >= 0.6 is 0 Å². The highest BCUT2D eigenvalue weighted by Gasteiger charge is 2.12. The lowest BCUT2D eigenvalue weighted by Crippen LogP contribution is -2.18. The fourth-order valence-electron chi connectivity index (χ4n) is 1.57. The molecule has 0 radical (unpaired) electrons. The van der Waals surface area contributed by atoms with Crippen molar-refractivity contribution in [2.75, 3.05) is 25.6 Å². The molecule has 2 N–H and O–H groups in total. The third kappa shape index (κ3) is 4.90. The number of nitrogens with zero attached hydrogens (tertiary/aromatic N) is 2. The number of nitrogens with two attached hydrogens (primary N) is 1. The summed E-state index contributed by atoms with van der Waals surface area (Å²) in [4.78, 5) is 11.6. The Morgan fingerprint density at radius 1 is 1.37 bits per heavy atom. The first-order valence-electron chi connectivity index (χ1n) is 6.44. The number of aromatic nitrogens is 2. The molecule has 1 aromatic rings. The number of aryl methyl sites for hydroxylation is 1. The van der Waals surface area contributed by atoms with E-state index in [0.717, 1.165) is 11.4 Å². The molecule has 6 nitrogen and oxygen atoms in total. The number of carbonyl (C=O) groups is 1. The molecule has 0 atom stereocenters. The van der Waals surface area contributed by atoms with Gasteiger partial charge < -0.3 is 15.2 Å². The van der Waals surface area contributed by atoms with Crippen LogP contribution in [0.3, 0.4) is 0 Å². The molecular formula is C13H23N3O3. The lowest BCUT2D eigenvalue weighted by Gasteiger charge is -2.08. The normalized spacial score (nSPS) is 11.0. The first-order chi connectivity index (χ1) is 8.91. The van der Waals surface area contributed by atoms with E-state index in [1.807, 2.05) is 13.8 Å². The topological polar surface area (TPSA) is 79.4 Å². The molecule has 0 bridgehead atoms. The van der Waals surface area contributed by atoms with Gasteiger partial charge in [0, 0.05) is 6.61 Å². The number of carbonyl (C=O) groups excluding carboxylic acids is 1. The van der Waals surface area contributed by atoms with Crippen LogP contribution in [0.2, 0.25) is 0 Å². The molecule has 0 spiro atoms. The maximum atomic E-state index is 11.6. The van der Waals surface area contributed by atoms with Gasteiger partial charge in [-0.2, -0.15) is 5.10 Å². The molecule has 19 heavy (non-hydrogen) atoms. The summed E-state index contributed by atoms with van der Waals surface area (Å²) in [5.74, 6) is 0.145. The van der Waals surface area contributed by atoms with Gasteiger partial charge in [-0.3, -0.25) is 9.48 Å². The van der Waals surface area contributed by atoms with E-state index in [2.05, 4.69) is 18.9 Å². The van der Waals surface area contributed by atoms with Gasteiger partial charge in [0.15, 0.2) is 0 Å². The van der Waals surface area contributed by atoms with Crippen molar-refractivity contribution in [2.24, 2.45) is 5.92 Å². The zero-order valence-corrected chi connectivity index (χ0v) is 12.1. The van der Waals surface area contributed by atoms with Crippen molar-refractivity contribution in [1.82, 2.24) is 9.78 Å². The first-order valence-corrected chi connectivity index (χ1v) is 6.44. The number of ether oxygens (including phenoxy) is 2. The number of nitrogen functional groups attached to an aromatic ring is 1. The van der Waals surface area contributed by atoms with Gasteiger partial charge in [-0.05, 0) is 19.8 Å². The van der Waals surface area contributed by atoms with E-state index in [9.17, 15) is 4.79 Å². The van der Waals surface area contributed by atoms with E-state index >= 15 is 0 Å². The standard InChI is InChI=1S/C13H23N3O3/c1-9(2)8-18-5-6-19-12(17)7-16-11(4)13(14)10(3)15-16/h9H,5-8,14H2,1-4H3. The second-order valence-corrected chi connectivity index (χ2v) is 4.93. The number of hydrogen-bond donors (Lipinski definition) is 1. The fraction of sp³-hybridized carbons (Fsp3) is 0.692. The predicted molar refractivity (Wildman–Crippen MR) is 72.7 cm³/mol. The zero-order chi connectivity index (χ0) is 14.4. The summed E-state index contributed by atoms with van der Waals surface area (Å²) in [5.41, 5.74) is 7.92. The average Bonchev–Trinajstić information content (AvgIpc) is 2.56. The highest BCUT2D eigenvalue weighted by Crippen LogP contribution is 2.14. The summed E-state index contributed by atoms with van der Waals surface area (Å²) >= 11 is 0. The van der Waals surface area contributed by atoms with Gasteiger partial charge in [0.2, 0.25) is 0 Å². The van der Waals surface area contributed by atoms with E-state index in [1.165, 1.54) is 0 Å². The van der Waals surface area contributed by atoms with Crippen LogP contribution in [-0.2, 0) is 20.8 Å². The second-order valence-electron chi connectivity index (χ2n) is 4.93. The van der Waals surface area contributed by atoms with Crippen LogP contribution in [-0.4, -0.2) is 35.6 Å². The molecule has 0 aliphatic heterocycles. The Kier molecular flexibility index (Phi) is 5.82. The van der Waals surface area contributed by atoms with E-state index in [1.54, 1.807) is 4.68 Å². The molecule has 1 aromatic heterocycles. The van der Waals surface area contributed by atoms with E-state index in [0.29, 0.717) is 24.8 Å². The SMILES string of the molecule is Cc1nn(CC(=O)OCCOCC(C)C)c(C)c1N. The Labute approximate surface area is 113 Å². The third-order valence-electron chi connectivity index (χ3n) is 2.66. The van der Waals surface area contributed by atoms with E-state index < -0.39 is 0 Å². The first kappa shape index (κ1) is 15.5. The summed E-state index contributed by atoms with van der Waals surface area (Å²) < 4.78 is 11.9. The Balaban J connectivity index is 2.29. The largest absolute Gasteiger partial charge is 0.462 e. The van der Waals surface area contributed by atoms with E-state index in [-0.39, 0.29) is 19.1 Å². The lowest BCUT2D eigenvalue weighted by molar-refractivity contribution is -0.146. The minimum Gasteiger partial charge on any atom is -0.462 e. The molecular weight excluding hydrogens is 246 g/mol. The van der Waals surface area contributed by atoms with Crippen molar-refractivity contribution < 1.29 is 14.3 Å². The summed E-state index contributed by atoms with van der Waals surface area (Å²) in [6, 6.07) is 0. The van der Waals surface area contributed by atoms with Crippen molar-refractivity contribution in [3.05, 3.63) is 11.4 Å². The molecule has 0 amide bonds. The molecule has 0 saturated carbocycles. The van der Waals surface area contributed by atoms with Gasteiger partial charge >= 0.3 is 5.97 Å². The molecule has 0 aromatic carbocycles. The molecule has 1 rings (SSSR count). The molecule has 0 unspecified atom stereocenters. The monoisotopic (exact) mass is 269 g/mol. The molecule has 0 saturated heterocycles. The third-order valence-corrected chi connectivity index (χ3v) is 2.66. The molecule has 0 aliphatic rings. The Morgan fingerprint density at radius 3 is 2.58 bits per heavy atom. The van der Waals surface area contributed by atoms with Gasteiger partial charge in [-0.15, -0.1) is 0 Å². The minimum absolute atomic E-state index is 0.0774. The van der Waals surface area contributed by atoms with Crippen LogP contribution in [0.15, 0.2) is 0 Å². The van der Waals surface area contributed by atoms with E-state index in [4.69, 9.17) is 15.2 Å². The Bertz CT molecular complexity index is 427. The van der Waals surface area contributed by atoms with Crippen molar-refractivity contribution >= 4 is 11.7 Å². The molecule has 0 fully saturated rings. The average molecular weight is 269 g/mol. The summed E-state index contributed by atoms with van der Waals surface area (Å²) in [5, 5.41) is 4.18. The second kappa shape index (κ2) is 7.13. The summed E-state index contributed by atoms with van der Waals surface area (Å²) in [7, 11) is 0. The fourth-order valence-corrected chi connectivity index (χ4v) is 1.57. The molecule has 1 heterocycles. The van der Waals surface area contributed by atoms with Crippen LogP contribution in [0, 0.1) is 19.8 Å². The number of esters is 1.